The van der Waals surface area contributed by atoms with Crippen molar-refractivity contribution in [1.82, 2.24) is 9.80 Å². The van der Waals surface area contributed by atoms with Crippen LogP contribution in [0.1, 0.15) is 43.9 Å². The zero-order chi connectivity index (χ0) is 14.7. The number of benzene rings is 1. The Morgan fingerprint density at radius 3 is 1.95 bits per heavy atom. The molecule has 0 aromatic heterocycles. The number of hydrogen-bond donors (Lipinski definition) is 1. The summed E-state index contributed by atoms with van der Waals surface area (Å²) in [6.45, 7) is 10.6. The van der Waals surface area contributed by atoms with E-state index < -0.39 is 0 Å². The highest BCUT2D eigenvalue weighted by atomic mass is 32.1. The van der Waals surface area contributed by atoms with E-state index in [0.29, 0.717) is 17.1 Å². The molecular formula is C16H25N3S. The smallest absolute Gasteiger partial charge is 0.166 e. The average molecular weight is 291 g/mol. The number of nitrogens with zero attached hydrogens (tertiary/aromatic N) is 2. The van der Waals surface area contributed by atoms with Crippen LogP contribution in [0.25, 0.3) is 0 Å². The van der Waals surface area contributed by atoms with E-state index in [-0.39, 0.29) is 0 Å². The van der Waals surface area contributed by atoms with E-state index >= 15 is 0 Å². The second-order valence-electron chi connectivity index (χ2n) is 5.86. The molecule has 0 amide bonds. The standard InChI is InChI=1S/C16H25N3S/c1-12(2)14-4-6-15(7-5-14)13(3)18-8-10-19(11-9-18)16(17)20/h4-7,12-13H,8-11H2,1-3H3,(H2,17,20)/t13-/m1/s1. The van der Waals surface area contributed by atoms with E-state index in [0.717, 1.165) is 26.2 Å². The van der Waals surface area contributed by atoms with Gasteiger partial charge < -0.3 is 10.6 Å². The van der Waals surface area contributed by atoms with Gasteiger partial charge in [0.15, 0.2) is 5.11 Å². The van der Waals surface area contributed by atoms with Crippen LogP contribution in [0.3, 0.4) is 0 Å². The van der Waals surface area contributed by atoms with Gasteiger partial charge in [0.1, 0.15) is 0 Å². The largest absolute Gasteiger partial charge is 0.376 e. The lowest BCUT2D eigenvalue weighted by Gasteiger charge is -2.38. The molecule has 1 aliphatic heterocycles. The second kappa shape index (κ2) is 6.55. The van der Waals surface area contributed by atoms with Crippen LogP contribution >= 0.6 is 12.2 Å². The number of piperazine rings is 1. The Kier molecular flexibility index (Phi) is 5.00. The third kappa shape index (κ3) is 3.49. The summed E-state index contributed by atoms with van der Waals surface area (Å²) in [7, 11) is 0. The summed E-state index contributed by atoms with van der Waals surface area (Å²) in [5, 5.41) is 0.526. The molecule has 1 aromatic rings. The highest BCUT2D eigenvalue weighted by Gasteiger charge is 2.22. The summed E-state index contributed by atoms with van der Waals surface area (Å²) < 4.78 is 0. The van der Waals surface area contributed by atoms with Crippen molar-refractivity contribution in [2.24, 2.45) is 5.73 Å². The summed E-state index contributed by atoms with van der Waals surface area (Å²) in [6.07, 6.45) is 0. The summed E-state index contributed by atoms with van der Waals surface area (Å²) in [5.41, 5.74) is 8.47. The Balaban J connectivity index is 1.98. The molecule has 0 aliphatic carbocycles. The van der Waals surface area contributed by atoms with Crippen molar-refractivity contribution in [1.29, 1.82) is 0 Å². The zero-order valence-corrected chi connectivity index (χ0v) is 13.5. The number of nitrogens with two attached hydrogens (primary N) is 1. The number of hydrogen-bond acceptors (Lipinski definition) is 2. The van der Waals surface area contributed by atoms with Gasteiger partial charge in [0, 0.05) is 32.2 Å². The van der Waals surface area contributed by atoms with E-state index in [1.54, 1.807) is 0 Å². The van der Waals surface area contributed by atoms with Crippen LogP contribution < -0.4 is 5.73 Å². The molecule has 2 N–H and O–H groups in total. The molecule has 110 valence electrons. The average Bonchev–Trinajstić information content (AvgIpc) is 2.46. The molecule has 1 atom stereocenters. The Labute approximate surface area is 127 Å². The predicted octanol–water partition coefficient (Wildman–Crippen LogP) is 2.73. The van der Waals surface area contributed by atoms with Gasteiger partial charge in [-0.2, -0.15) is 0 Å². The Morgan fingerprint density at radius 1 is 1.00 bits per heavy atom. The molecule has 1 fully saturated rings. The van der Waals surface area contributed by atoms with Crippen molar-refractivity contribution in [3.05, 3.63) is 35.4 Å². The third-order valence-electron chi connectivity index (χ3n) is 4.26. The first kappa shape index (κ1) is 15.3. The van der Waals surface area contributed by atoms with Gasteiger partial charge in [-0.25, -0.2) is 0 Å². The van der Waals surface area contributed by atoms with Crippen molar-refractivity contribution >= 4 is 17.3 Å². The van der Waals surface area contributed by atoms with Gasteiger partial charge in [0.05, 0.1) is 0 Å². The zero-order valence-electron chi connectivity index (χ0n) is 12.7. The fourth-order valence-corrected chi connectivity index (χ4v) is 2.88. The number of thiocarbonyl (C=S) groups is 1. The van der Waals surface area contributed by atoms with Crippen LogP contribution in [0.2, 0.25) is 0 Å². The van der Waals surface area contributed by atoms with Crippen molar-refractivity contribution in [2.45, 2.75) is 32.7 Å². The molecule has 1 aromatic carbocycles. The molecule has 0 unspecified atom stereocenters. The SMILES string of the molecule is CC(C)c1ccc([C@@H](C)N2CCN(C(N)=S)CC2)cc1. The van der Waals surface area contributed by atoms with E-state index in [1.165, 1.54) is 11.1 Å². The van der Waals surface area contributed by atoms with Gasteiger partial charge in [-0.1, -0.05) is 38.1 Å². The lowest BCUT2D eigenvalue weighted by atomic mass is 9.99. The van der Waals surface area contributed by atoms with E-state index in [1.807, 2.05) is 0 Å². The molecule has 0 spiro atoms. The maximum Gasteiger partial charge on any atom is 0.166 e. The summed E-state index contributed by atoms with van der Waals surface area (Å²) in [5.74, 6) is 0.591. The monoisotopic (exact) mass is 291 g/mol. The molecule has 0 bridgehead atoms. The van der Waals surface area contributed by atoms with Crippen molar-refractivity contribution in [3.8, 4) is 0 Å². The highest BCUT2D eigenvalue weighted by Crippen LogP contribution is 2.23. The topological polar surface area (TPSA) is 32.5 Å². The molecule has 0 saturated carbocycles. The first-order valence-corrected chi connectivity index (χ1v) is 7.78. The third-order valence-corrected chi connectivity index (χ3v) is 4.52. The fourth-order valence-electron chi connectivity index (χ4n) is 2.70. The summed E-state index contributed by atoms with van der Waals surface area (Å²) >= 11 is 5.04. The van der Waals surface area contributed by atoms with Gasteiger partial charge in [-0.3, -0.25) is 4.90 Å². The fraction of sp³-hybridized carbons (Fsp3) is 0.562. The second-order valence-corrected chi connectivity index (χ2v) is 6.28. The first-order valence-electron chi connectivity index (χ1n) is 7.37. The van der Waals surface area contributed by atoms with Crippen LogP contribution in [0.15, 0.2) is 24.3 Å². The Hall–Kier alpha value is -1.13. The van der Waals surface area contributed by atoms with Crippen LogP contribution in [-0.4, -0.2) is 41.1 Å². The van der Waals surface area contributed by atoms with Gasteiger partial charge in [-0.15, -0.1) is 0 Å². The van der Waals surface area contributed by atoms with Crippen LogP contribution in [0.5, 0.6) is 0 Å². The van der Waals surface area contributed by atoms with Crippen LogP contribution in [0, 0.1) is 0 Å². The van der Waals surface area contributed by atoms with Crippen molar-refractivity contribution in [3.63, 3.8) is 0 Å². The quantitative estimate of drug-likeness (QED) is 0.868. The molecule has 0 radical (unpaired) electrons. The van der Waals surface area contributed by atoms with Crippen molar-refractivity contribution < 1.29 is 0 Å². The molecule has 20 heavy (non-hydrogen) atoms. The summed E-state index contributed by atoms with van der Waals surface area (Å²) in [4.78, 5) is 4.58. The normalized spacial score (nSPS) is 18.3. The molecule has 1 heterocycles. The van der Waals surface area contributed by atoms with Gasteiger partial charge in [-0.05, 0) is 36.2 Å². The maximum absolute atomic E-state index is 5.68. The van der Waals surface area contributed by atoms with Gasteiger partial charge in [0.25, 0.3) is 0 Å². The molecule has 4 heteroatoms. The van der Waals surface area contributed by atoms with E-state index in [2.05, 4.69) is 54.8 Å². The van der Waals surface area contributed by atoms with Crippen molar-refractivity contribution in [2.75, 3.05) is 26.2 Å². The molecule has 2 rings (SSSR count). The maximum atomic E-state index is 5.68. The Bertz CT molecular complexity index is 447. The predicted molar refractivity (Wildman–Crippen MR) is 88.9 cm³/mol. The lowest BCUT2D eigenvalue weighted by molar-refractivity contribution is 0.141. The molecule has 3 nitrogen and oxygen atoms in total. The minimum Gasteiger partial charge on any atom is -0.376 e. The first-order chi connectivity index (χ1) is 9.49. The van der Waals surface area contributed by atoms with E-state index in [4.69, 9.17) is 18.0 Å². The van der Waals surface area contributed by atoms with Crippen LogP contribution in [-0.2, 0) is 0 Å². The highest BCUT2D eigenvalue weighted by molar-refractivity contribution is 7.80. The molecule has 1 aliphatic rings. The molecular weight excluding hydrogens is 266 g/mol. The lowest BCUT2D eigenvalue weighted by Crippen LogP contribution is -2.50. The van der Waals surface area contributed by atoms with E-state index in [9.17, 15) is 0 Å². The Morgan fingerprint density at radius 2 is 1.50 bits per heavy atom. The number of rotatable bonds is 3. The minimum absolute atomic E-state index is 0.449. The minimum atomic E-state index is 0.449. The van der Waals surface area contributed by atoms with Crippen LogP contribution in [0.4, 0.5) is 0 Å². The summed E-state index contributed by atoms with van der Waals surface area (Å²) in [6, 6.07) is 9.48. The molecule has 1 saturated heterocycles. The van der Waals surface area contributed by atoms with Gasteiger partial charge >= 0.3 is 0 Å². The van der Waals surface area contributed by atoms with Gasteiger partial charge in [0.2, 0.25) is 0 Å².